The van der Waals surface area contributed by atoms with Gasteiger partial charge < -0.3 is 19.9 Å². The highest BCUT2D eigenvalue weighted by Crippen LogP contribution is 2.17. The number of nitrogens with one attached hydrogen (secondary N) is 1. The highest BCUT2D eigenvalue weighted by molar-refractivity contribution is 4.83. The van der Waals surface area contributed by atoms with Crippen LogP contribution in [0, 0.1) is 0 Å². The summed E-state index contributed by atoms with van der Waals surface area (Å²) in [6.45, 7) is 8.81. The van der Waals surface area contributed by atoms with E-state index in [0.29, 0.717) is 12.1 Å². The zero-order valence-corrected chi connectivity index (χ0v) is 11.5. The molecule has 2 N–H and O–H groups in total. The van der Waals surface area contributed by atoms with Gasteiger partial charge in [-0.3, -0.25) is 4.90 Å². The summed E-state index contributed by atoms with van der Waals surface area (Å²) in [5.41, 5.74) is 0. The number of nitrogens with zero attached hydrogens (tertiary/aromatic N) is 1. The van der Waals surface area contributed by atoms with Gasteiger partial charge in [-0.2, -0.15) is 0 Å². The Morgan fingerprint density at radius 1 is 1.44 bits per heavy atom. The zero-order chi connectivity index (χ0) is 13.0. The number of ether oxygens (including phenoxy) is 2. The standard InChI is InChI=1S/C13H26N2O3/c1-10(5-12-9-17-4-3-14-12)15-6-11(2)18-13(7-15)8-16/h10-14,16H,3-9H2,1-2H3. The van der Waals surface area contributed by atoms with Gasteiger partial charge in [0.25, 0.3) is 0 Å². The SMILES string of the molecule is CC1CN(C(C)CC2COCCN2)CC(CO)O1. The van der Waals surface area contributed by atoms with Gasteiger partial charge in [0.15, 0.2) is 0 Å². The van der Waals surface area contributed by atoms with Crippen LogP contribution in [0.4, 0.5) is 0 Å². The van der Waals surface area contributed by atoms with E-state index in [4.69, 9.17) is 9.47 Å². The fourth-order valence-electron chi connectivity index (χ4n) is 2.87. The first kappa shape index (κ1) is 14.2. The molecule has 106 valence electrons. The minimum Gasteiger partial charge on any atom is -0.394 e. The quantitative estimate of drug-likeness (QED) is 0.733. The van der Waals surface area contributed by atoms with E-state index in [1.165, 1.54) is 0 Å². The van der Waals surface area contributed by atoms with Gasteiger partial charge in [-0.15, -0.1) is 0 Å². The van der Waals surface area contributed by atoms with E-state index in [1.807, 2.05) is 0 Å². The molecule has 0 aromatic rings. The first-order valence-corrected chi connectivity index (χ1v) is 7.00. The van der Waals surface area contributed by atoms with E-state index in [9.17, 15) is 5.11 Å². The lowest BCUT2D eigenvalue weighted by atomic mass is 10.0. The fraction of sp³-hybridized carbons (Fsp3) is 1.00. The molecular weight excluding hydrogens is 232 g/mol. The topological polar surface area (TPSA) is 54.0 Å². The molecule has 0 aromatic carbocycles. The minimum atomic E-state index is -0.0354. The molecule has 2 rings (SSSR count). The van der Waals surface area contributed by atoms with Gasteiger partial charge in [0, 0.05) is 31.7 Å². The molecule has 2 heterocycles. The van der Waals surface area contributed by atoms with Gasteiger partial charge in [0.05, 0.1) is 32.0 Å². The molecule has 2 saturated heterocycles. The van der Waals surface area contributed by atoms with Gasteiger partial charge in [-0.1, -0.05) is 0 Å². The second-order valence-electron chi connectivity index (χ2n) is 5.52. The van der Waals surface area contributed by atoms with Crippen LogP contribution >= 0.6 is 0 Å². The largest absolute Gasteiger partial charge is 0.394 e. The normalized spacial score (nSPS) is 36.5. The second kappa shape index (κ2) is 6.82. The number of aliphatic hydroxyl groups excluding tert-OH is 1. The molecule has 5 heteroatoms. The molecule has 4 unspecified atom stereocenters. The fourth-order valence-corrected chi connectivity index (χ4v) is 2.87. The van der Waals surface area contributed by atoms with E-state index in [-0.39, 0.29) is 18.8 Å². The molecule has 2 aliphatic heterocycles. The Labute approximate surface area is 109 Å². The summed E-state index contributed by atoms with van der Waals surface area (Å²) < 4.78 is 11.2. The van der Waals surface area contributed by atoms with Gasteiger partial charge in [-0.25, -0.2) is 0 Å². The van der Waals surface area contributed by atoms with Crippen molar-refractivity contribution < 1.29 is 14.6 Å². The lowest BCUT2D eigenvalue weighted by Crippen LogP contribution is -2.53. The van der Waals surface area contributed by atoms with Crippen LogP contribution in [0.25, 0.3) is 0 Å². The summed E-state index contributed by atoms with van der Waals surface area (Å²) >= 11 is 0. The Hall–Kier alpha value is -0.200. The van der Waals surface area contributed by atoms with Crippen molar-refractivity contribution in [3.63, 3.8) is 0 Å². The zero-order valence-electron chi connectivity index (χ0n) is 11.5. The summed E-state index contributed by atoms with van der Waals surface area (Å²) in [5, 5.41) is 12.7. The third-order valence-corrected chi connectivity index (χ3v) is 3.81. The van der Waals surface area contributed by atoms with E-state index >= 15 is 0 Å². The van der Waals surface area contributed by atoms with Crippen LogP contribution < -0.4 is 5.32 Å². The Morgan fingerprint density at radius 2 is 2.28 bits per heavy atom. The van der Waals surface area contributed by atoms with Crippen molar-refractivity contribution in [1.29, 1.82) is 0 Å². The van der Waals surface area contributed by atoms with Crippen LogP contribution in [0.15, 0.2) is 0 Å². The molecule has 0 aromatic heterocycles. The summed E-state index contributed by atoms with van der Waals surface area (Å²) in [4.78, 5) is 2.42. The van der Waals surface area contributed by atoms with Crippen LogP contribution in [-0.2, 0) is 9.47 Å². The van der Waals surface area contributed by atoms with Crippen LogP contribution in [0.5, 0.6) is 0 Å². The second-order valence-corrected chi connectivity index (χ2v) is 5.52. The van der Waals surface area contributed by atoms with E-state index in [0.717, 1.165) is 39.3 Å². The highest BCUT2D eigenvalue weighted by atomic mass is 16.5. The first-order valence-electron chi connectivity index (χ1n) is 7.00. The molecule has 0 saturated carbocycles. The van der Waals surface area contributed by atoms with Gasteiger partial charge >= 0.3 is 0 Å². The summed E-state index contributed by atoms with van der Waals surface area (Å²) in [5.74, 6) is 0. The molecule has 2 aliphatic rings. The van der Waals surface area contributed by atoms with Crippen molar-refractivity contribution in [3.8, 4) is 0 Å². The average Bonchev–Trinajstić information content (AvgIpc) is 2.39. The Kier molecular flexibility index (Phi) is 5.38. The predicted molar refractivity (Wildman–Crippen MR) is 69.7 cm³/mol. The third kappa shape index (κ3) is 3.90. The van der Waals surface area contributed by atoms with Gasteiger partial charge in [0.2, 0.25) is 0 Å². The van der Waals surface area contributed by atoms with E-state index < -0.39 is 0 Å². The molecule has 2 fully saturated rings. The van der Waals surface area contributed by atoms with Crippen molar-refractivity contribution in [3.05, 3.63) is 0 Å². The Morgan fingerprint density at radius 3 is 2.94 bits per heavy atom. The van der Waals surface area contributed by atoms with Crippen molar-refractivity contribution in [1.82, 2.24) is 10.2 Å². The number of hydrogen-bond acceptors (Lipinski definition) is 5. The molecule has 4 atom stereocenters. The first-order chi connectivity index (χ1) is 8.69. The molecule has 0 bridgehead atoms. The maximum Gasteiger partial charge on any atom is 0.0936 e. The Balaban J connectivity index is 1.81. The smallest absolute Gasteiger partial charge is 0.0936 e. The van der Waals surface area contributed by atoms with Crippen LogP contribution in [0.1, 0.15) is 20.3 Å². The number of aliphatic hydroxyl groups is 1. The van der Waals surface area contributed by atoms with Crippen molar-refractivity contribution in [2.24, 2.45) is 0 Å². The molecule has 18 heavy (non-hydrogen) atoms. The maximum absolute atomic E-state index is 9.25. The lowest BCUT2D eigenvalue weighted by Gasteiger charge is -2.40. The third-order valence-electron chi connectivity index (χ3n) is 3.81. The number of hydrogen-bond donors (Lipinski definition) is 2. The molecule has 5 nitrogen and oxygen atoms in total. The lowest BCUT2D eigenvalue weighted by molar-refractivity contribution is -0.106. The summed E-state index contributed by atoms with van der Waals surface area (Å²) in [7, 11) is 0. The number of rotatable bonds is 4. The average molecular weight is 258 g/mol. The predicted octanol–water partition coefficient (Wildman–Crippen LogP) is -0.165. The van der Waals surface area contributed by atoms with Gasteiger partial charge in [0.1, 0.15) is 0 Å². The Bertz CT molecular complexity index is 246. The van der Waals surface area contributed by atoms with Crippen molar-refractivity contribution in [2.45, 2.75) is 44.6 Å². The van der Waals surface area contributed by atoms with Crippen molar-refractivity contribution >= 4 is 0 Å². The van der Waals surface area contributed by atoms with Crippen LogP contribution in [0.2, 0.25) is 0 Å². The summed E-state index contributed by atoms with van der Waals surface area (Å²) in [6, 6.07) is 0.948. The van der Waals surface area contributed by atoms with Crippen molar-refractivity contribution in [2.75, 3.05) is 39.5 Å². The highest BCUT2D eigenvalue weighted by Gasteiger charge is 2.29. The maximum atomic E-state index is 9.25. The summed E-state index contributed by atoms with van der Waals surface area (Å²) in [6.07, 6.45) is 1.26. The minimum absolute atomic E-state index is 0.0354. The molecule has 0 spiro atoms. The monoisotopic (exact) mass is 258 g/mol. The van der Waals surface area contributed by atoms with Crippen LogP contribution in [-0.4, -0.2) is 73.8 Å². The molecular formula is C13H26N2O3. The van der Waals surface area contributed by atoms with Gasteiger partial charge in [-0.05, 0) is 20.3 Å². The molecule has 0 radical (unpaired) electrons. The number of morpholine rings is 2. The molecule has 0 aliphatic carbocycles. The van der Waals surface area contributed by atoms with Crippen LogP contribution in [0.3, 0.4) is 0 Å². The van der Waals surface area contributed by atoms with E-state index in [1.54, 1.807) is 0 Å². The molecule has 0 amide bonds. The van der Waals surface area contributed by atoms with E-state index in [2.05, 4.69) is 24.1 Å².